The molecule has 4 heteroatoms. The van der Waals surface area contributed by atoms with E-state index in [-0.39, 0.29) is 0 Å². The Hall–Kier alpha value is -0.480. The summed E-state index contributed by atoms with van der Waals surface area (Å²) in [5.74, 6) is 0. The highest BCUT2D eigenvalue weighted by Gasteiger charge is 1.90. The standard InChI is InChI=1S/C4H7N3S/c1-4-2-3-6-7(4)8-5/h2-3H,5H2,1H3. The van der Waals surface area contributed by atoms with Crippen LogP contribution in [0, 0.1) is 6.92 Å². The number of aryl methyl sites for hydroxylation is 1. The van der Waals surface area contributed by atoms with Gasteiger partial charge in [0.25, 0.3) is 0 Å². The monoisotopic (exact) mass is 129 g/mol. The Labute approximate surface area is 52.1 Å². The average Bonchev–Trinajstić information content (AvgIpc) is 2.14. The first-order valence-electron chi connectivity index (χ1n) is 2.22. The largest absolute Gasteiger partial charge is 0.258 e. The van der Waals surface area contributed by atoms with Crippen molar-refractivity contribution in [2.45, 2.75) is 6.92 Å². The zero-order valence-electron chi connectivity index (χ0n) is 4.53. The van der Waals surface area contributed by atoms with Crippen molar-refractivity contribution in [2.75, 3.05) is 0 Å². The van der Waals surface area contributed by atoms with Gasteiger partial charge in [0.2, 0.25) is 0 Å². The minimum Gasteiger partial charge on any atom is -0.258 e. The van der Waals surface area contributed by atoms with Crippen LogP contribution in [0.15, 0.2) is 12.3 Å². The summed E-state index contributed by atoms with van der Waals surface area (Å²) in [6, 6.07) is 1.90. The van der Waals surface area contributed by atoms with Gasteiger partial charge in [-0.2, -0.15) is 9.19 Å². The summed E-state index contributed by atoms with van der Waals surface area (Å²) in [6.07, 6.45) is 1.72. The second-order valence-corrected chi connectivity index (χ2v) is 2.01. The van der Waals surface area contributed by atoms with Crippen molar-refractivity contribution in [1.29, 1.82) is 0 Å². The Morgan fingerprint density at radius 2 is 2.62 bits per heavy atom. The predicted octanol–water partition coefficient (Wildman–Crippen LogP) is 0.562. The summed E-state index contributed by atoms with van der Waals surface area (Å²) in [5.41, 5.74) is 1.07. The molecule has 0 spiro atoms. The van der Waals surface area contributed by atoms with Crippen LogP contribution in [0.25, 0.3) is 0 Å². The fourth-order valence-electron chi connectivity index (χ4n) is 0.467. The van der Waals surface area contributed by atoms with Gasteiger partial charge in [0.1, 0.15) is 0 Å². The van der Waals surface area contributed by atoms with Crippen molar-refractivity contribution < 1.29 is 0 Å². The topological polar surface area (TPSA) is 43.8 Å². The maximum Gasteiger partial charge on any atom is 0.0567 e. The number of nitrogens with two attached hydrogens (primary N) is 1. The van der Waals surface area contributed by atoms with Gasteiger partial charge in [-0.1, -0.05) is 0 Å². The molecule has 8 heavy (non-hydrogen) atoms. The second kappa shape index (κ2) is 2.19. The van der Waals surface area contributed by atoms with Crippen LogP contribution in [-0.4, -0.2) is 9.19 Å². The van der Waals surface area contributed by atoms with Crippen molar-refractivity contribution in [2.24, 2.45) is 5.14 Å². The maximum absolute atomic E-state index is 5.21. The third-order valence-corrected chi connectivity index (χ3v) is 1.47. The lowest BCUT2D eigenvalue weighted by Gasteiger charge is -1.92. The molecule has 0 saturated heterocycles. The normalized spacial score (nSPS) is 9.75. The van der Waals surface area contributed by atoms with E-state index in [1.54, 1.807) is 10.3 Å². The van der Waals surface area contributed by atoms with Gasteiger partial charge in [0.15, 0.2) is 0 Å². The second-order valence-electron chi connectivity index (χ2n) is 1.45. The van der Waals surface area contributed by atoms with E-state index in [1.807, 2.05) is 13.0 Å². The minimum atomic E-state index is 1.07. The van der Waals surface area contributed by atoms with Gasteiger partial charge in [-0.15, -0.1) is 0 Å². The molecule has 0 amide bonds. The molecule has 0 saturated carbocycles. The van der Waals surface area contributed by atoms with E-state index in [2.05, 4.69) is 5.10 Å². The highest BCUT2D eigenvalue weighted by Crippen LogP contribution is 1.99. The van der Waals surface area contributed by atoms with E-state index >= 15 is 0 Å². The zero-order valence-corrected chi connectivity index (χ0v) is 5.35. The van der Waals surface area contributed by atoms with Crippen molar-refractivity contribution in [3.8, 4) is 0 Å². The van der Waals surface area contributed by atoms with Gasteiger partial charge in [-0.25, -0.2) is 0 Å². The molecule has 0 aliphatic carbocycles. The molecule has 44 valence electrons. The Kier molecular flexibility index (Phi) is 1.55. The Balaban J connectivity index is 2.92. The molecule has 0 radical (unpaired) electrons. The van der Waals surface area contributed by atoms with Gasteiger partial charge in [0, 0.05) is 5.69 Å². The fraction of sp³-hybridized carbons (Fsp3) is 0.250. The Morgan fingerprint density at radius 1 is 1.88 bits per heavy atom. The first kappa shape index (κ1) is 5.65. The van der Waals surface area contributed by atoms with Crippen LogP contribution >= 0.6 is 12.1 Å². The number of hydrogen-bond donors (Lipinski definition) is 1. The van der Waals surface area contributed by atoms with Crippen LogP contribution in [0.4, 0.5) is 0 Å². The molecule has 2 N–H and O–H groups in total. The molecule has 1 aromatic heterocycles. The van der Waals surface area contributed by atoms with E-state index in [0.717, 1.165) is 17.8 Å². The van der Waals surface area contributed by atoms with Gasteiger partial charge in [-0.05, 0) is 13.0 Å². The molecular formula is C4H7N3S. The summed E-state index contributed by atoms with van der Waals surface area (Å²) in [6.45, 7) is 1.95. The van der Waals surface area contributed by atoms with Gasteiger partial charge in [-0.3, -0.25) is 5.14 Å². The van der Waals surface area contributed by atoms with E-state index in [1.165, 1.54) is 0 Å². The fourth-order valence-corrected chi connectivity index (χ4v) is 0.803. The molecule has 0 aliphatic heterocycles. The Morgan fingerprint density at radius 3 is 2.88 bits per heavy atom. The van der Waals surface area contributed by atoms with Crippen molar-refractivity contribution in [3.63, 3.8) is 0 Å². The lowest BCUT2D eigenvalue weighted by atomic mass is 10.5. The summed E-state index contributed by atoms with van der Waals surface area (Å²) in [7, 11) is 0. The van der Waals surface area contributed by atoms with Crippen LogP contribution in [0.3, 0.4) is 0 Å². The summed E-state index contributed by atoms with van der Waals surface area (Å²) >= 11 is 1.11. The van der Waals surface area contributed by atoms with E-state index in [9.17, 15) is 0 Å². The highest BCUT2D eigenvalue weighted by atomic mass is 32.2. The van der Waals surface area contributed by atoms with Crippen LogP contribution in [0.1, 0.15) is 5.69 Å². The minimum absolute atomic E-state index is 1.07. The average molecular weight is 129 g/mol. The van der Waals surface area contributed by atoms with Crippen LogP contribution in [0.5, 0.6) is 0 Å². The molecule has 0 bridgehead atoms. The maximum atomic E-state index is 5.21. The lowest BCUT2D eigenvalue weighted by Crippen LogP contribution is -1.95. The first-order valence-corrected chi connectivity index (χ1v) is 3.06. The quantitative estimate of drug-likeness (QED) is 0.563. The third-order valence-electron chi connectivity index (χ3n) is 0.889. The molecule has 3 nitrogen and oxygen atoms in total. The molecule has 0 unspecified atom stereocenters. The Bertz CT molecular complexity index is 172. The molecule has 0 fully saturated rings. The molecule has 0 atom stereocenters. The highest BCUT2D eigenvalue weighted by molar-refractivity contribution is 7.95. The van der Waals surface area contributed by atoms with Crippen molar-refractivity contribution in [1.82, 2.24) is 9.19 Å². The third kappa shape index (κ3) is 0.850. The van der Waals surface area contributed by atoms with Crippen LogP contribution in [-0.2, 0) is 0 Å². The zero-order chi connectivity index (χ0) is 5.98. The predicted molar refractivity (Wildman–Crippen MR) is 34.1 cm³/mol. The van der Waals surface area contributed by atoms with Crippen LogP contribution < -0.4 is 5.14 Å². The first-order chi connectivity index (χ1) is 3.84. The molecule has 1 aromatic rings. The molecule has 0 aromatic carbocycles. The van der Waals surface area contributed by atoms with Crippen molar-refractivity contribution >= 4 is 12.1 Å². The van der Waals surface area contributed by atoms with Gasteiger partial charge < -0.3 is 0 Å². The van der Waals surface area contributed by atoms with Gasteiger partial charge >= 0.3 is 0 Å². The summed E-state index contributed by atoms with van der Waals surface area (Å²) in [5, 5.41) is 9.10. The molecule has 1 heterocycles. The van der Waals surface area contributed by atoms with Gasteiger partial charge in [0.05, 0.1) is 18.3 Å². The SMILES string of the molecule is Cc1ccnn1SN. The van der Waals surface area contributed by atoms with E-state index < -0.39 is 0 Å². The number of hydrogen-bond acceptors (Lipinski definition) is 3. The van der Waals surface area contributed by atoms with Crippen LogP contribution in [0.2, 0.25) is 0 Å². The molecular weight excluding hydrogens is 122 g/mol. The number of nitrogens with zero attached hydrogens (tertiary/aromatic N) is 2. The summed E-state index contributed by atoms with van der Waals surface area (Å²) in [4.78, 5) is 0. The van der Waals surface area contributed by atoms with Crippen molar-refractivity contribution in [3.05, 3.63) is 18.0 Å². The molecule has 0 aliphatic rings. The van der Waals surface area contributed by atoms with E-state index in [0.29, 0.717) is 0 Å². The van der Waals surface area contributed by atoms with E-state index in [4.69, 9.17) is 5.14 Å². The number of rotatable bonds is 1. The lowest BCUT2D eigenvalue weighted by molar-refractivity contribution is 0.969. The summed E-state index contributed by atoms with van der Waals surface area (Å²) < 4.78 is 1.65. The molecule has 1 rings (SSSR count). The number of aromatic nitrogens is 2. The smallest absolute Gasteiger partial charge is 0.0567 e.